The first kappa shape index (κ1) is 15.3. The van der Waals surface area contributed by atoms with Gasteiger partial charge in [-0.3, -0.25) is 10.1 Å². The summed E-state index contributed by atoms with van der Waals surface area (Å²) in [6.07, 6.45) is 2.70. The van der Waals surface area contributed by atoms with E-state index >= 15 is 0 Å². The fraction of sp³-hybridized carbons (Fsp3) is 0.429. The second-order valence-electron chi connectivity index (χ2n) is 4.66. The molecule has 104 valence electrons. The molecule has 0 radical (unpaired) electrons. The highest BCUT2D eigenvalue weighted by atomic mass is 19.1. The molecule has 0 saturated carbocycles. The van der Waals surface area contributed by atoms with Crippen LogP contribution in [-0.4, -0.2) is 17.5 Å². The third-order valence-electron chi connectivity index (χ3n) is 2.73. The molecule has 0 spiro atoms. The lowest BCUT2D eigenvalue weighted by atomic mass is 10.1. The maximum atomic E-state index is 13.2. The van der Waals surface area contributed by atoms with E-state index in [4.69, 9.17) is 0 Å². The lowest BCUT2D eigenvalue weighted by Gasteiger charge is -2.10. The molecule has 1 aromatic carbocycles. The number of hydrogen-bond donors (Lipinski definition) is 1. The van der Waals surface area contributed by atoms with Gasteiger partial charge in [0.1, 0.15) is 0 Å². The van der Waals surface area contributed by atoms with Crippen molar-refractivity contribution < 1.29 is 9.31 Å². The standard InChI is InChI=1S/C14H19FN2O2/c1-4-11(9-16-10(2)3)7-12-5-6-13(15)14(8-12)17(18)19/h5-8,10,16H,4,9H2,1-3H3/b11-7-. The Morgan fingerprint density at radius 2 is 2.21 bits per heavy atom. The van der Waals surface area contributed by atoms with Gasteiger partial charge in [-0.1, -0.05) is 38.5 Å². The van der Waals surface area contributed by atoms with Crippen LogP contribution in [-0.2, 0) is 0 Å². The molecule has 1 N–H and O–H groups in total. The molecule has 4 nitrogen and oxygen atoms in total. The van der Waals surface area contributed by atoms with E-state index < -0.39 is 16.4 Å². The largest absolute Gasteiger partial charge is 0.311 e. The highest BCUT2D eigenvalue weighted by molar-refractivity contribution is 5.56. The van der Waals surface area contributed by atoms with Crippen LogP contribution in [0.5, 0.6) is 0 Å². The SMILES string of the molecule is CC/C(=C/c1ccc(F)c([N+](=O)[O-])c1)CNC(C)C. The summed E-state index contributed by atoms with van der Waals surface area (Å²) in [6.45, 7) is 6.84. The number of halogens is 1. The Bertz CT molecular complexity index is 484. The van der Waals surface area contributed by atoms with Crippen molar-refractivity contribution in [3.63, 3.8) is 0 Å². The Balaban J connectivity index is 2.95. The molecule has 1 rings (SSSR count). The molecule has 0 heterocycles. The smallest absolute Gasteiger partial charge is 0.305 e. The predicted octanol–water partition coefficient (Wildman–Crippen LogP) is 3.53. The summed E-state index contributed by atoms with van der Waals surface area (Å²) in [6, 6.07) is 4.32. The van der Waals surface area contributed by atoms with Crippen LogP contribution in [0.15, 0.2) is 23.8 Å². The van der Waals surface area contributed by atoms with E-state index in [1.165, 1.54) is 6.07 Å². The van der Waals surface area contributed by atoms with E-state index in [9.17, 15) is 14.5 Å². The molecule has 0 bridgehead atoms. The summed E-state index contributed by atoms with van der Waals surface area (Å²) in [5, 5.41) is 14.0. The second-order valence-corrected chi connectivity index (χ2v) is 4.66. The summed E-state index contributed by atoms with van der Waals surface area (Å²) in [5.74, 6) is -0.805. The molecule has 5 heteroatoms. The Morgan fingerprint density at radius 1 is 1.53 bits per heavy atom. The number of nitro groups is 1. The summed E-state index contributed by atoms with van der Waals surface area (Å²) >= 11 is 0. The average molecular weight is 266 g/mol. The highest BCUT2D eigenvalue weighted by Crippen LogP contribution is 2.20. The molecule has 0 aromatic heterocycles. The van der Waals surface area contributed by atoms with Crippen LogP contribution in [0, 0.1) is 15.9 Å². The van der Waals surface area contributed by atoms with Gasteiger partial charge in [-0.15, -0.1) is 0 Å². The van der Waals surface area contributed by atoms with Gasteiger partial charge in [0.25, 0.3) is 0 Å². The number of nitrogens with zero attached hydrogens (tertiary/aromatic N) is 1. The minimum absolute atomic E-state index is 0.373. The zero-order valence-corrected chi connectivity index (χ0v) is 11.4. The number of nitro benzene ring substituents is 1. The van der Waals surface area contributed by atoms with E-state index in [1.807, 2.05) is 13.0 Å². The Hall–Kier alpha value is -1.75. The van der Waals surface area contributed by atoms with E-state index in [0.29, 0.717) is 11.6 Å². The van der Waals surface area contributed by atoms with Gasteiger partial charge in [0, 0.05) is 18.7 Å². The minimum Gasteiger partial charge on any atom is -0.311 e. The zero-order chi connectivity index (χ0) is 14.4. The number of nitrogens with one attached hydrogen (secondary N) is 1. The molecule has 19 heavy (non-hydrogen) atoms. The summed E-state index contributed by atoms with van der Waals surface area (Å²) in [7, 11) is 0. The maximum Gasteiger partial charge on any atom is 0.305 e. The first-order valence-electron chi connectivity index (χ1n) is 6.30. The fourth-order valence-corrected chi connectivity index (χ4v) is 1.61. The van der Waals surface area contributed by atoms with E-state index in [1.54, 1.807) is 6.07 Å². The van der Waals surface area contributed by atoms with Gasteiger partial charge < -0.3 is 5.32 Å². The first-order chi connectivity index (χ1) is 8.93. The predicted molar refractivity (Wildman–Crippen MR) is 74.5 cm³/mol. The number of hydrogen-bond acceptors (Lipinski definition) is 3. The maximum absolute atomic E-state index is 13.2. The summed E-state index contributed by atoms with van der Waals surface area (Å²) in [5.41, 5.74) is 1.28. The lowest BCUT2D eigenvalue weighted by molar-refractivity contribution is -0.387. The molecule has 1 aromatic rings. The molecule has 0 amide bonds. The van der Waals surface area contributed by atoms with Crippen molar-refractivity contribution in [3.8, 4) is 0 Å². The van der Waals surface area contributed by atoms with Crippen LogP contribution in [0.2, 0.25) is 0 Å². The minimum atomic E-state index is -0.805. The van der Waals surface area contributed by atoms with Gasteiger partial charge >= 0.3 is 5.69 Å². The van der Waals surface area contributed by atoms with Crippen molar-refractivity contribution in [2.45, 2.75) is 33.2 Å². The van der Waals surface area contributed by atoms with Gasteiger partial charge in [-0.05, 0) is 18.1 Å². The van der Waals surface area contributed by atoms with Crippen LogP contribution >= 0.6 is 0 Å². The van der Waals surface area contributed by atoms with Crippen LogP contribution in [0.1, 0.15) is 32.8 Å². The van der Waals surface area contributed by atoms with Gasteiger partial charge in [-0.25, -0.2) is 0 Å². The monoisotopic (exact) mass is 266 g/mol. The molecule has 0 unspecified atom stereocenters. The fourth-order valence-electron chi connectivity index (χ4n) is 1.61. The van der Waals surface area contributed by atoms with E-state index in [-0.39, 0.29) is 0 Å². The molecule has 0 aliphatic rings. The van der Waals surface area contributed by atoms with Gasteiger partial charge in [0.15, 0.2) is 0 Å². The van der Waals surface area contributed by atoms with Gasteiger partial charge in [-0.2, -0.15) is 4.39 Å². The van der Waals surface area contributed by atoms with Crippen molar-refractivity contribution in [2.75, 3.05) is 6.54 Å². The Kier molecular flexibility index (Phi) is 5.63. The molecule has 0 fully saturated rings. The van der Waals surface area contributed by atoms with Crippen LogP contribution < -0.4 is 5.32 Å². The van der Waals surface area contributed by atoms with Crippen molar-refractivity contribution in [3.05, 3.63) is 45.3 Å². The molecular formula is C14H19FN2O2. The third kappa shape index (κ3) is 4.79. The molecule has 0 aliphatic heterocycles. The van der Waals surface area contributed by atoms with E-state index in [0.717, 1.165) is 24.6 Å². The summed E-state index contributed by atoms with van der Waals surface area (Å²) < 4.78 is 13.2. The van der Waals surface area contributed by atoms with Gasteiger partial charge in [0.05, 0.1) is 4.92 Å². The Labute approximate surface area is 112 Å². The van der Waals surface area contributed by atoms with Crippen molar-refractivity contribution in [1.82, 2.24) is 5.32 Å². The van der Waals surface area contributed by atoms with Crippen molar-refractivity contribution >= 4 is 11.8 Å². The zero-order valence-electron chi connectivity index (χ0n) is 11.4. The lowest BCUT2D eigenvalue weighted by Crippen LogP contribution is -2.24. The van der Waals surface area contributed by atoms with Crippen LogP contribution in [0.4, 0.5) is 10.1 Å². The Morgan fingerprint density at radius 3 is 2.74 bits per heavy atom. The van der Waals surface area contributed by atoms with Crippen LogP contribution in [0.3, 0.4) is 0 Å². The second kappa shape index (κ2) is 6.99. The number of rotatable bonds is 6. The van der Waals surface area contributed by atoms with Crippen molar-refractivity contribution in [2.24, 2.45) is 0 Å². The normalized spacial score (nSPS) is 11.9. The first-order valence-corrected chi connectivity index (χ1v) is 6.30. The van der Waals surface area contributed by atoms with E-state index in [2.05, 4.69) is 19.2 Å². The molecular weight excluding hydrogens is 247 g/mol. The van der Waals surface area contributed by atoms with Gasteiger partial charge in [0.2, 0.25) is 5.82 Å². The quantitative estimate of drug-likeness (QED) is 0.633. The number of benzene rings is 1. The molecule has 0 atom stereocenters. The molecule has 0 aliphatic carbocycles. The third-order valence-corrected chi connectivity index (χ3v) is 2.73. The topological polar surface area (TPSA) is 55.2 Å². The highest BCUT2D eigenvalue weighted by Gasteiger charge is 2.13. The van der Waals surface area contributed by atoms with Crippen LogP contribution in [0.25, 0.3) is 6.08 Å². The molecule has 0 saturated heterocycles. The summed E-state index contributed by atoms with van der Waals surface area (Å²) in [4.78, 5) is 9.97. The van der Waals surface area contributed by atoms with Crippen molar-refractivity contribution in [1.29, 1.82) is 0 Å². The average Bonchev–Trinajstić information content (AvgIpc) is 2.35.